The molecule has 0 bridgehead atoms. The van der Waals surface area contributed by atoms with Gasteiger partial charge in [-0.05, 0) is 76.6 Å². The molecule has 6 nitrogen and oxygen atoms in total. The number of likely N-dealkylation sites (tertiary alicyclic amines) is 1. The van der Waals surface area contributed by atoms with Crippen molar-refractivity contribution in [2.24, 2.45) is 5.92 Å². The summed E-state index contributed by atoms with van der Waals surface area (Å²) in [7, 11) is 1.40. The molecule has 0 radical (unpaired) electrons. The molecule has 1 aliphatic carbocycles. The van der Waals surface area contributed by atoms with E-state index in [9.17, 15) is 9.59 Å². The van der Waals surface area contributed by atoms with Crippen molar-refractivity contribution in [3.8, 4) is 0 Å². The molecule has 204 valence electrons. The van der Waals surface area contributed by atoms with Crippen molar-refractivity contribution < 1.29 is 19.1 Å². The summed E-state index contributed by atoms with van der Waals surface area (Å²) in [5, 5.41) is 0. The highest BCUT2D eigenvalue weighted by atomic mass is 16.6. The quantitative estimate of drug-likeness (QED) is 0.389. The van der Waals surface area contributed by atoms with E-state index in [-0.39, 0.29) is 24.1 Å². The van der Waals surface area contributed by atoms with Crippen molar-refractivity contribution in [3.63, 3.8) is 0 Å². The van der Waals surface area contributed by atoms with Crippen LogP contribution in [0.2, 0.25) is 0 Å². The molecular formula is C32H42N2O4. The van der Waals surface area contributed by atoms with Crippen LogP contribution in [0.4, 0.5) is 4.79 Å². The first-order valence-corrected chi connectivity index (χ1v) is 13.8. The molecule has 0 spiro atoms. The highest BCUT2D eigenvalue weighted by molar-refractivity contribution is 5.89. The Morgan fingerprint density at radius 1 is 1.03 bits per heavy atom. The Morgan fingerprint density at radius 2 is 1.68 bits per heavy atom. The lowest BCUT2D eigenvalue weighted by molar-refractivity contribution is 0.00492. The van der Waals surface area contributed by atoms with Gasteiger partial charge in [-0.2, -0.15) is 0 Å². The van der Waals surface area contributed by atoms with Gasteiger partial charge < -0.3 is 19.3 Å². The number of carbonyl (C=O) groups is 2. The largest absolute Gasteiger partial charge is 0.465 e. The summed E-state index contributed by atoms with van der Waals surface area (Å²) in [4.78, 5) is 29.6. The van der Waals surface area contributed by atoms with Gasteiger partial charge in [-0.3, -0.25) is 0 Å². The van der Waals surface area contributed by atoms with Gasteiger partial charge in [-0.25, -0.2) is 9.59 Å². The number of methoxy groups -OCH3 is 1. The van der Waals surface area contributed by atoms with E-state index in [1.165, 1.54) is 23.8 Å². The van der Waals surface area contributed by atoms with E-state index in [4.69, 9.17) is 9.47 Å². The van der Waals surface area contributed by atoms with E-state index >= 15 is 0 Å². The first-order chi connectivity index (χ1) is 18.1. The predicted octanol–water partition coefficient (Wildman–Crippen LogP) is 6.21. The van der Waals surface area contributed by atoms with Gasteiger partial charge in [0.15, 0.2) is 0 Å². The highest BCUT2D eigenvalue weighted by Gasteiger charge is 2.48. The highest BCUT2D eigenvalue weighted by Crippen LogP contribution is 2.44. The summed E-state index contributed by atoms with van der Waals surface area (Å²) in [6.07, 6.45) is 5.89. The van der Waals surface area contributed by atoms with Crippen molar-refractivity contribution >= 4 is 18.1 Å². The second kappa shape index (κ2) is 12.2. The van der Waals surface area contributed by atoms with E-state index in [2.05, 4.69) is 47.1 Å². The van der Waals surface area contributed by atoms with Crippen LogP contribution in [0.25, 0.3) is 6.08 Å². The van der Waals surface area contributed by atoms with E-state index in [0.717, 1.165) is 45.3 Å². The molecule has 0 unspecified atom stereocenters. The third-order valence-corrected chi connectivity index (χ3v) is 7.54. The van der Waals surface area contributed by atoms with Gasteiger partial charge in [-0.1, -0.05) is 54.1 Å². The van der Waals surface area contributed by atoms with E-state index in [0.29, 0.717) is 11.5 Å². The van der Waals surface area contributed by atoms with Crippen LogP contribution in [-0.2, 0) is 15.9 Å². The van der Waals surface area contributed by atoms with Gasteiger partial charge in [0, 0.05) is 37.6 Å². The summed E-state index contributed by atoms with van der Waals surface area (Å²) < 4.78 is 10.7. The zero-order valence-corrected chi connectivity index (χ0v) is 23.5. The maximum Gasteiger partial charge on any atom is 0.410 e. The van der Waals surface area contributed by atoms with Crippen LogP contribution in [0.1, 0.15) is 68.4 Å². The number of benzene rings is 2. The van der Waals surface area contributed by atoms with E-state index in [1.54, 1.807) is 0 Å². The number of hydrogen-bond acceptors (Lipinski definition) is 5. The Morgan fingerprint density at radius 3 is 2.29 bits per heavy atom. The SMILES string of the molecule is COC(=O)c1ccc(CCN2CCC(N(C(=O)OC(C)(C)C)[C@@H]3C[C@H]3/C(C)=C/c3ccccc3)CC2)cc1. The number of rotatable bonds is 8. The third-order valence-electron chi connectivity index (χ3n) is 7.54. The number of piperidine rings is 1. The van der Waals surface area contributed by atoms with Gasteiger partial charge in [0.2, 0.25) is 0 Å². The molecule has 0 N–H and O–H groups in total. The monoisotopic (exact) mass is 518 g/mol. The number of amides is 1. The normalized spacial score (nSPS) is 20.6. The fourth-order valence-corrected chi connectivity index (χ4v) is 5.40. The first-order valence-electron chi connectivity index (χ1n) is 13.8. The summed E-state index contributed by atoms with van der Waals surface area (Å²) in [5.41, 5.74) is 3.79. The molecule has 1 heterocycles. The first kappa shape index (κ1) is 27.9. The number of esters is 1. The lowest BCUT2D eigenvalue weighted by Gasteiger charge is -2.39. The van der Waals surface area contributed by atoms with Gasteiger partial charge in [0.25, 0.3) is 0 Å². The predicted molar refractivity (Wildman–Crippen MR) is 151 cm³/mol. The molecule has 2 fully saturated rings. The van der Waals surface area contributed by atoms with Crippen molar-refractivity contribution in [1.29, 1.82) is 0 Å². The number of ether oxygens (including phenoxy) is 2. The maximum atomic E-state index is 13.4. The number of hydrogen-bond donors (Lipinski definition) is 0. The minimum Gasteiger partial charge on any atom is -0.465 e. The maximum absolute atomic E-state index is 13.4. The molecule has 6 heteroatoms. The minimum atomic E-state index is -0.515. The summed E-state index contributed by atoms with van der Waals surface area (Å²) in [6.45, 7) is 10.9. The Bertz CT molecular complexity index is 1110. The Labute approximate surface area is 227 Å². The van der Waals surface area contributed by atoms with Crippen molar-refractivity contribution in [2.45, 2.75) is 71.1 Å². The Kier molecular flexibility index (Phi) is 8.93. The van der Waals surface area contributed by atoms with Crippen molar-refractivity contribution in [3.05, 3.63) is 76.9 Å². The summed E-state index contributed by atoms with van der Waals surface area (Å²) in [6, 6.07) is 18.4. The Hall–Kier alpha value is -3.12. The third kappa shape index (κ3) is 7.47. The average molecular weight is 519 g/mol. The fraction of sp³-hybridized carbons (Fsp3) is 0.500. The summed E-state index contributed by atoms with van der Waals surface area (Å²) in [5.74, 6) is 0.0746. The van der Waals surface area contributed by atoms with Crippen LogP contribution in [0.3, 0.4) is 0 Å². The fourth-order valence-electron chi connectivity index (χ4n) is 5.40. The molecule has 2 aromatic rings. The lowest BCUT2D eigenvalue weighted by Crippen LogP contribution is -2.50. The lowest BCUT2D eigenvalue weighted by atomic mass is 10.0. The molecule has 1 saturated carbocycles. The Balaban J connectivity index is 1.35. The second-order valence-corrected chi connectivity index (χ2v) is 11.6. The van der Waals surface area contributed by atoms with E-state index < -0.39 is 5.60 Å². The molecular weight excluding hydrogens is 476 g/mol. The van der Waals surface area contributed by atoms with Crippen LogP contribution >= 0.6 is 0 Å². The van der Waals surface area contributed by atoms with Gasteiger partial charge in [0.05, 0.1) is 12.7 Å². The van der Waals surface area contributed by atoms with Crippen LogP contribution < -0.4 is 0 Å². The molecule has 1 aliphatic heterocycles. The molecule has 2 aromatic carbocycles. The molecule has 4 rings (SSSR count). The van der Waals surface area contributed by atoms with Gasteiger partial charge in [-0.15, -0.1) is 0 Å². The zero-order valence-electron chi connectivity index (χ0n) is 23.5. The molecule has 1 saturated heterocycles. The number of carbonyl (C=O) groups excluding carboxylic acids is 2. The van der Waals surface area contributed by atoms with Crippen LogP contribution in [0.5, 0.6) is 0 Å². The molecule has 2 aliphatic rings. The second-order valence-electron chi connectivity index (χ2n) is 11.6. The molecule has 0 aromatic heterocycles. The van der Waals surface area contributed by atoms with Crippen LogP contribution in [0, 0.1) is 5.92 Å². The van der Waals surface area contributed by atoms with Crippen molar-refractivity contribution in [2.75, 3.05) is 26.7 Å². The molecule has 38 heavy (non-hydrogen) atoms. The van der Waals surface area contributed by atoms with Crippen LogP contribution in [-0.4, -0.2) is 66.3 Å². The smallest absolute Gasteiger partial charge is 0.410 e. The van der Waals surface area contributed by atoms with Gasteiger partial charge >= 0.3 is 12.1 Å². The standard InChI is InChI=1S/C32H42N2O4/c1-23(21-25-9-7-6-8-10-25)28-22-29(28)34(31(36)38-32(2,3)4)27-16-19-33(20-17-27)18-15-24-11-13-26(14-12-24)30(35)37-5/h6-14,21,27-29H,15-20,22H2,1-5H3/b23-21+/t28-,29+/m0/s1. The number of nitrogens with zero attached hydrogens (tertiary/aromatic N) is 2. The minimum absolute atomic E-state index is 0.179. The molecule has 1 amide bonds. The molecule has 2 atom stereocenters. The summed E-state index contributed by atoms with van der Waals surface area (Å²) >= 11 is 0. The zero-order chi connectivity index (χ0) is 27.3. The van der Waals surface area contributed by atoms with Crippen LogP contribution in [0.15, 0.2) is 60.2 Å². The van der Waals surface area contributed by atoms with E-state index in [1.807, 2.05) is 51.1 Å². The topological polar surface area (TPSA) is 59.1 Å². The van der Waals surface area contributed by atoms with Crippen molar-refractivity contribution in [1.82, 2.24) is 9.80 Å². The average Bonchev–Trinajstić information content (AvgIpc) is 3.68. The van der Waals surface area contributed by atoms with Gasteiger partial charge in [0.1, 0.15) is 5.60 Å².